The molecular formula is C16H14N2O4S. The van der Waals surface area contributed by atoms with Crippen LogP contribution in [0.3, 0.4) is 0 Å². The molecule has 2 aromatic heterocycles. The molecule has 0 atom stereocenters. The summed E-state index contributed by atoms with van der Waals surface area (Å²) in [5, 5.41) is 7.81. The number of aromatic nitrogens is 2. The zero-order valence-electron chi connectivity index (χ0n) is 12.4. The fourth-order valence-electron chi connectivity index (χ4n) is 1.87. The molecule has 1 aromatic carbocycles. The highest BCUT2D eigenvalue weighted by atomic mass is 32.1. The van der Waals surface area contributed by atoms with Crippen molar-refractivity contribution in [2.75, 3.05) is 6.61 Å². The lowest BCUT2D eigenvalue weighted by Crippen LogP contribution is -2.04. The van der Waals surface area contributed by atoms with E-state index in [1.54, 1.807) is 42.5 Å². The van der Waals surface area contributed by atoms with Crippen LogP contribution in [0.2, 0.25) is 0 Å². The molecule has 0 spiro atoms. The minimum absolute atomic E-state index is 0.163. The van der Waals surface area contributed by atoms with Crippen LogP contribution in [0.4, 0.5) is 0 Å². The highest BCUT2D eigenvalue weighted by Gasteiger charge is 2.10. The Morgan fingerprint density at radius 3 is 2.78 bits per heavy atom. The fourth-order valence-corrected chi connectivity index (χ4v) is 2.50. The van der Waals surface area contributed by atoms with Crippen LogP contribution in [0.25, 0.3) is 11.4 Å². The number of hydrogen-bond acceptors (Lipinski definition) is 7. The quantitative estimate of drug-likeness (QED) is 0.643. The normalized spacial score (nSPS) is 10.5. The van der Waals surface area contributed by atoms with Gasteiger partial charge < -0.3 is 14.0 Å². The second-order valence-electron chi connectivity index (χ2n) is 4.56. The molecular weight excluding hydrogens is 316 g/mol. The molecule has 3 rings (SSSR count). The maximum Gasteiger partial charge on any atom is 0.338 e. The zero-order chi connectivity index (χ0) is 16.1. The first-order chi connectivity index (χ1) is 11.3. The predicted molar refractivity (Wildman–Crippen MR) is 84.3 cm³/mol. The van der Waals surface area contributed by atoms with Crippen molar-refractivity contribution in [3.05, 3.63) is 52.5 Å². The third-order valence-corrected chi connectivity index (χ3v) is 3.66. The van der Waals surface area contributed by atoms with Gasteiger partial charge in [-0.3, -0.25) is 0 Å². The van der Waals surface area contributed by atoms with Crippen molar-refractivity contribution in [3.8, 4) is 17.1 Å². The van der Waals surface area contributed by atoms with Crippen LogP contribution in [0.1, 0.15) is 23.2 Å². The second-order valence-corrected chi connectivity index (χ2v) is 5.34. The predicted octanol–water partition coefficient (Wildman–Crippen LogP) is 3.55. The van der Waals surface area contributed by atoms with Gasteiger partial charge in [-0.2, -0.15) is 16.3 Å². The van der Waals surface area contributed by atoms with Crippen molar-refractivity contribution in [1.29, 1.82) is 0 Å². The average molecular weight is 330 g/mol. The van der Waals surface area contributed by atoms with Crippen molar-refractivity contribution in [3.63, 3.8) is 0 Å². The maximum atomic E-state index is 11.6. The van der Waals surface area contributed by atoms with Crippen LogP contribution in [0, 0.1) is 0 Å². The van der Waals surface area contributed by atoms with Crippen LogP contribution < -0.4 is 4.74 Å². The van der Waals surface area contributed by atoms with E-state index in [1.165, 1.54) is 0 Å². The van der Waals surface area contributed by atoms with Crippen molar-refractivity contribution in [2.24, 2.45) is 0 Å². The first-order valence-electron chi connectivity index (χ1n) is 7.01. The van der Waals surface area contributed by atoms with E-state index in [0.29, 0.717) is 29.6 Å². The maximum absolute atomic E-state index is 11.6. The first kappa shape index (κ1) is 15.2. The summed E-state index contributed by atoms with van der Waals surface area (Å²) < 4.78 is 15.6. The Balaban J connectivity index is 1.59. The highest BCUT2D eigenvalue weighted by molar-refractivity contribution is 7.08. The fraction of sp³-hybridized carbons (Fsp3) is 0.188. The largest absolute Gasteiger partial charge is 0.484 e. The topological polar surface area (TPSA) is 74.5 Å². The molecule has 0 aliphatic rings. The third-order valence-electron chi connectivity index (χ3n) is 2.98. The number of carbonyl (C=O) groups excluding carboxylic acids is 1. The van der Waals surface area contributed by atoms with Crippen molar-refractivity contribution in [1.82, 2.24) is 10.1 Å². The summed E-state index contributed by atoms with van der Waals surface area (Å²) in [6.07, 6.45) is 0. The van der Waals surface area contributed by atoms with Gasteiger partial charge in [0.2, 0.25) is 5.82 Å². The molecule has 118 valence electrons. The number of esters is 1. The van der Waals surface area contributed by atoms with Crippen LogP contribution in [0.15, 0.2) is 45.6 Å². The molecule has 6 nitrogen and oxygen atoms in total. The summed E-state index contributed by atoms with van der Waals surface area (Å²) in [5.74, 6) is 1.19. The van der Waals surface area contributed by atoms with Gasteiger partial charge in [0.1, 0.15) is 5.75 Å². The van der Waals surface area contributed by atoms with Crippen molar-refractivity contribution < 1.29 is 18.8 Å². The van der Waals surface area contributed by atoms with E-state index in [4.69, 9.17) is 14.0 Å². The first-order valence-corrected chi connectivity index (χ1v) is 7.95. The summed E-state index contributed by atoms with van der Waals surface area (Å²) in [6.45, 7) is 2.28. The molecule has 2 heterocycles. The molecule has 0 aliphatic carbocycles. The van der Waals surface area contributed by atoms with Gasteiger partial charge in [0.05, 0.1) is 12.2 Å². The molecule has 0 fully saturated rings. The van der Waals surface area contributed by atoms with Crippen molar-refractivity contribution >= 4 is 17.3 Å². The smallest absolute Gasteiger partial charge is 0.338 e. The summed E-state index contributed by atoms with van der Waals surface area (Å²) in [4.78, 5) is 15.8. The summed E-state index contributed by atoms with van der Waals surface area (Å²) >= 11 is 1.57. The zero-order valence-corrected chi connectivity index (χ0v) is 13.2. The summed E-state index contributed by atoms with van der Waals surface area (Å²) in [5.41, 5.74) is 1.40. The monoisotopic (exact) mass is 330 g/mol. The summed E-state index contributed by atoms with van der Waals surface area (Å²) in [7, 11) is 0. The second kappa shape index (κ2) is 7.06. The number of thiophene rings is 1. The van der Waals surface area contributed by atoms with Crippen molar-refractivity contribution in [2.45, 2.75) is 13.5 Å². The lowest BCUT2D eigenvalue weighted by molar-refractivity contribution is 0.0526. The Kier molecular flexibility index (Phi) is 4.68. The van der Waals surface area contributed by atoms with E-state index in [9.17, 15) is 4.79 Å². The van der Waals surface area contributed by atoms with E-state index < -0.39 is 0 Å². The molecule has 0 saturated carbocycles. The minimum Gasteiger partial charge on any atom is -0.484 e. The van der Waals surface area contributed by atoms with Gasteiger partial charge in [-0.05, 0) is 42.6 Å². The minimum atomic E-state index is -0.351. The Labute approximate surface area is 136 Å². The number of rotatable bonds is 6. The van der Waals surface area contributed by atoms with Crippen LogP contribution in [0.5, 0.6) is 5.75 Å². The third kappa shape index (κ3) is 3.75. The van der Waals surface area contributed by atoms with Gasteiger partial charge in [0, 0.05) is 10.9 Å². The Morgan fingerprint density at radius 2 is 2.09 bits per heavy atom. The summed E-state index contributed by atoms with van der Waals surface area (Å²) in [6, 6.07) is 8.62. The lowest BCUT2D eigenvalue weighted by atomic mass is 10.2. The Morgan fingerprint density at radius 1 is 1.26 bits per heavy atom. The molecule has 0 bridgehead atoms. The van der Waals surface area contributed by atoms with Gasteiger partial charge in [-0.25, -0.2) is 4.79 Å². The van der Waals surface area contributed by atoms with E-state index in [0.717, 1.165) is 5.56 Å². The van der Waals surface area contributed by atoms with E-state index >= 15 is 0 Å². The van der Waals surface area contributed by atoms with Gasteiger partial charge in [0.15, 0.2) is 6.61 Å². The van der Waals surface area contributed by atoms with Crippen LogP contribution >= 0.6 is 11.3 Å². The molecule has 23 heavy (non-hydrogen) atoms. The molecule has 0 N–H and O–H groups in total. The number of benzene rings is 1. The number of carbonyl (C=O) groups is 1. The standard InChI is InChI=1S/C16H14N2O4S/c1-2-20-16(19)11-3-5-13(6-4-11)21-9-14-17-15(18-22-14)12-7-8-23-10-12/h3-8,10H,2,9H2,1H3. The molecule has 0 saturated heterocycles. The molecule has 0 amide bonds. The number of ether oxygens (including phenoxy) is 2. The molecule has 3 aromatic rings. The van der Waals surface area contributed by atoms with Gasteiger partial charge in [-0.1, -0.05) is 5.16 Å². The van der Waals surface area contributed by atoms with E-state index in [2.05, 4.69) is 10.1 Å². The molecule has 0 unspecified atom stereocenters. The molecule has 0 radical (unpaired) electrons. The van der Waals surface area contributed by atoms with Gasteiger partial charge in [-0.15, -0.1) is 0 Å². The van der Waals surface area contributed by atoms with E-state index in [1.807, 2.05) is 16.8 Å². The van der Waals surface area contributed by atoms with Gasteiger partial charge in [0.25, 0.3) is 5.89 Å². The van der Waals surface area contributed by atoms with E-state index in [-0.39, 0.29) is 12.6 Å². The highest BCUT2D eigenvalue weighted by Crippen LogP contribution is 2.19. The molecule has 7 heteroatoms. The Bertz CT molecular complexity index is 766. The number of nitrogens with zero attached hydrogens (tertiary/aromatic N) is 2. The Hall–Kier alpha value is -2.67. The molecule has 0 aliphatic heterocycles. The number of hydrogen-bond donors (Lipinski definition) is 0. The average Bonchev–Trinajstić information content (AvgIpc) is 3.25. The van der Waals surface area contributed by atoms with Crippen LogP contribution in [-0.2, 0) is 11.3 Å². The SMILES string of the molecule is CCOC(=O)c1ccc(OCc2nc(-c3ccsc3)no2)cc1. The lowest BCUT2D eigenvalue weighted by Gasteiger charge is -2.04. The van der Waals surface area contributed by atoms with Crippen LogP contribution in [-0.4, -0.2) is 22.7 Å². The van der Waals surface area contributed by atoms with Gasteiger partial charge >= 0.3 is 5.97 Å².